The van der Waals surface area contributed by atoms with Crippen LogP contribution in [0.4, 0.5) is 4.79 Å². The highest BCUT2D eigenvalue weighted by Gasteiger charge is 2.32. The van der Waals surface area contributed by atoms with Gasteiger partial charge in [-0.15, -0.1) is 0 Å². The van der Waals surface area contributed by atoms with E-state index >= 15 is 0 Å². The highest BCUT2D eigenvalue weighted by Crippen LogP contribution is 2.15. The molecule has 2 aromatic carbocycles. The number of hydrogen-bond donors (Lipinski definition) is 2. The highest BCUT2D eigenvalue weighted by atomic mass is 16.6. The van der Waals surface area contributed by atoms with Crippen molar-refractivity contribution in [2.45, 2.75) is 51.3 Å². The maximum Gasteiger partial charge on any atom is 0.410 e. The van der Waals surface area contributed by atoms with Crippen LogP contribution < -0.4 is 11.1 Å². The van der Waals surface area contributed by atoms with Crippen molar-refractivity contribution < 1.29 is 19.1 Å². The Labute approximate surface area is 183 Å². The van der Waals surface area contributed by atoms with Gasteiger partial charge >= 0.3 is 6.09 Å². The van der Waals surface area contributed by atoms with Crippen molar-refractivity contribution in [1.29, 1.82) is 0 Å². The fourth-order valence-corrected chi connectivity index (χ4v) is 3.04. The van der Waals surface area contributed by atoms with Crippen molar-refractivity contribution in [2.24, 2.45) is 5.73 Å². The summed E-state index contributed by atoms with van der Waals surface area (Å²) in [4.78, 5) is 39.1. The van der Waals surface area contributed by atoms with Gasteiger partial charge in [0.25, 0.3) is 0 Å². The summed E-state index contributed by atoms with van der Waals surface area (Å²) < 4.78 is 5.43. The molecule has 0 aliphatic heterocycles. The van der Waals surface area contributed by atoms with Crippen molar-refractivity contribution in [2.75, 3.05) is 7.05 Å². The molecule has 166 valence electrons. The minimum Gasteiger partial charge on any atom is -0.444 e. The van der Waals surface area contributed by atoms with Gasteiger partial charge in [-0.05, 0) is 31.9 Å². The molecule has 2 rings (SSSR count). The quantitative estimate of drug-likeness (QED) is 0.679. The molecule has 0 aliphatic carbocycles. The van der Waals surface area contributed by atoms with E-state index in [2.05, 4.69) is 5.32 Å². The van der Waals surface area contributed by atoms with Crippen molar-refractivity contribution in [1.82, 2.24) is 10.2 Å². The third kappa shape index (κ3) is 7.77. The van der Waals surface area contributed by atoms with E-state index in [9.17, 15) is 14.4 Å². The number of nitrogens with zero attached hydrogens (tertiary/aromatic N) is 1. The second kappa shape index (κ2) is 10.6. The second-order valence-electron chi connectivity index (χ2n) is 8.45. The van der Waals surface area contributed by atoms with Crippen molar-refractivity contribution in [3.05, 3.63) is 71.8 Å². The largest absolute Gasteiger partial charge is 0.444 e. The Hall–Kier alpha value is -3.35. The number of hydrogen-bond acceptors (Lipinski definition) is 4. The van der Waals surface area contributed by atoms with Crippen LogP contribution in [0.25, 0.3) is 0 Å². The van der Waals surface area contributed by atoms with Crippen LogP contribution in [0.5, 0.6) is 0 Å². The van der Waals surface area contributed by atoms with Gasteiger partial charge in [0.2, 0.25) is 11.8 Å². The molecule has 1 unspecified atom stereocenters. The van der Waals surface area contributed by atoms with Gasteiger partial charge in [0, 0.05) is 19.9 Å². The van der Waals surface area contributed by atoms with Gasteiger partial charge in [0.1, 0.15) is 17.7 Å². The smallest absolute Gasteiger partial charge is 0.410 e. The Morgan fingerprint density at radius 2 is 1.42 bits per heavy atom. The van der Waals surface area contributed by atoms with Crippen molar-refractivity contribution in [3.63, 3.8) is 0 Å². The minimum absolute atomic E-state index is 0.260. The zero-order valence-corrected chi connectivity index (χ0v) is 18.5. The van der Waals surface area contributed by atoms with Crippen LogP contribution in [-0.2, 0) is 27.2 Å². The summed E-state index contributed by atoms with van der Waals surface area (Å²) in [7, 11) is 1.51. The van der Waals surface area contributed by atoms with Gasteiger partial charge in [-0.1, -0.05) is 60.7 Å². The number of primary amides is 1. The van der Waals surface area contributed by atoms with Gasteiger partial charge in [-0.3, -0.25) is 14.5 Å². The maximum atomic E-state index is 13.2. The van der Waals surface area contributed by atoms with Crippen LogP contribution >= 0.6 is 0 Å². The van der Waals surface area contributed by atoms with Gasteiger partial charge in [-0.25, -0.2) is 4.79 Å². The summed E-state index contributed by atoms with van der Waals surface area (Å²) in [6, 6.07) is 16.8. The molecule has 0 saturated carbocycles. The Kier molecular flexibility index (Phi) is 8.19. The number of amides is 3. The number of rotatable bonds is 8. The van der Waals surface area contributed by atoms with E-state index in [1.165, 1.54) is 11.9 Å². The first-order valence-electron chi connectivity index (χ1n) is 10.2. The fourth-order valence-electron chi connectivity index (χ4n) is 3.04. The van der Waals surface area contributed by atoms with Crippen LogP contribution in [-0.4, -0.2) is 47.5 Å². The first-order chi connectivity index (χ1) is 14.6. The lowest BCUT2D eigenvalue weighted by molar-refractivity contribution is -0.130. The van der Waals surface area contributed by atoms with Gasteiger partial charge in [0.15, 0.2) is 0 Å². The van der Waals surface area contributed by atoms with Crippen molar-refractivity contribution >= 4 is 17.9 Å². The number of carbonyl (C=O) groups is 3. The van der Waals surface area contributed by atoms with E-state index in [0.717, 1.165) is 11.1 Å². The van der Waals surface area contributed by atoms with E-state index in [1.807, 2.05) is 60.7 Å². The maximum absolute atomic E-state index is 13.2. The summed E-state index contributed by atoms with van der Waals surface area (Å²) in [5, 5.41) is 2.72. The third-order valence-electron chi connectivity index (χ3n) is 4.67. The van der Waals surface area contributed by atoms with E-state index in [-0.39, 0.29) is 12.8 Å². The third-order valence-corrected chi connectivity index (χ3v) is 4.67. The zero-order chi connectivity index (χ0) is 23.0. The summed E-state index contributed by atoms with van der Waals surface area (Å²) in [5.41, 5.74) is 6.58. The van der Waals surface area contributed by atoms with E-state index in [0.29, 0.717) is 0 Å². The summed E-state index contributed by atoms with van der Waals surface area (Å²) >= 11 is 0. The molecule has 0 spiro atoms. The molecule has 3 N–H and O–H groups in total. The molecule has 0 radical (unpaired) electrons. The van der Waals surface area contributed by atoms with Crippen molar-refractivity contribution in [3.8, 4) is 0 Å². The Bertz CT molecular complexity index is 879. The number of nitrogens with two attached hydrogens (primary N) is 1. The van der Waals surface area contributed by atoms with Crippen LogP contribution in [0, 0.1) is 0 Å². The average molecular weight is 426 g/mol. The molecule has 31 heavy (non-hydrogen) atoms. The standard InChI is InChI=1S/C24H31N3O4/c1-24(2,3)31-23(30)27(4)20(16-18-13-9-6-10-14-18)22(29)26-19(21(25)28)15-17-11-7-5-8-12-17/h5-14,19-20H,15-16H2,1-4H3,(H2,25,28)(H,26,29)/t19-,20?/m1/s1. The van der Waals surface area contributed by atoms with Crippen LogP contribution in [0.15, 0.2) is 60.7 Å². The SMILES string of the molecule is CN(C(=O)OC(C)(C)C)C(Cc1ccccc1)C(=O)N[C@H](Cc1ccccc1)C(N)=O. The monoisotopic (exact) mass is 425 g/mol. The van der Waals surface area contributed by atoms with Crippen LogP contribution in [0.3, 0.4) is 0 Å². The first kappa shape index (κ1) is 23.9. The van der Waals surface area contributed by atoms with Gasteiger partial charge in [-0.2, -0.15) is 0 Å². The van der Waals surface area contributed by atoms with Crippen LogP contribution in [0.2, 0.25) is 0 Å². The van der Waals surface area contributed by atoms with E-state index in [1.54, 1.807) is 20.8 Å². The normalized spacial score (nSPS) is 13.0. The lowest BCUT2D eigenvalue weighted by Gasteiger charge is -2.31. The lowest BCUT2D eigenvalue weighted by Crippen LogP contribution is -2.55. The predicted octanol–water partition coefficient (Wildman–Crippen LogP) is 2.68. The van der Waals surface area contributed by atoms with Crippen LogP contribution in [0.1, 0.15) is 31.9 Å². The molecule has 0 bridgehead atoms. The zero-order valence-electron chi connectivity index (χ0n) is 18.5. The van der Waals surface area contributed by atoms with Gasteiger partial charge < -0.3 is 15.8 Å². The molecule has 2 atom stereocenters. The molecule has 0 heterocycles. The molecular weight excluding hydrogens is 394 g/mol. The molecule has 7 nitrogen and oxygen atoms in total. The fraction of sp³-hybridized carbons (Fsp3) is 0.375. The Balaban J connectivity index is 2.22. The Morgan fingerprint density at radius 1 is 0.935 bits per heavy atom. The number of nitrogens with one attached hydrogen (secondary N) is 1. The Morgan fingerprint density at radius 3 is 1.87 bits per heavy atom. The minimum atomic E-state index is -0.903. The lowest BCUT2D eigenvalue weighted by atomic mass is 10.0. The summed E-state index contributed by atoms with van der Waals surface area (Å²) in [5.74, 6) is -1.12. The average Bonchev–Trinajstić information content (AvgIpc) is 2.71. The predicted molar refractivity (Wildman–Crippen MR) is 119 cm³/mol. The topological polar surface area (TPSA) is 102 Å². The molecule has 3 amide bonds. The van der Waals surface area contributed by atoms with Gasteiger partial charge in [0.05, 0.1) is 0 Å². The number of likely N-dealkylation sites (N-methyl/N-ethyl adjacent to an activating group) is 1. The molecule has 7 heteroatoms. The second-order valence-corrected chi connectivity index (χ2v) is 8.45. The molecule has 0 aliphatic rings. The number of ether oxygens (including phenoxy) is 1. The van der Waals surface area contributed by atoms with E-state index < -0.39 is 35.6 Å². The number of benzene rings is 2. The number of carbonyl (C=O) groups excluding carboxylic acids is 3. The highest BCUT2D eigenvalue weighted by molar-refractivity contribution is 5.91. The molecule has 0 saturated heterocycles. The molecule has 2 aromatic rings. The molecular formula is C24H31N3O4. The summed E-state index contributed by atoms with van der Waals surface area (Å²) in [6.45, 7) is 5.27. The molecule has 0 aromatic heterocycles. The first-order valence-corrected chi connectivity index (χ1v) is 10.2. The molecule has 0 fully saturated rings. The van der Waals surface area contributed by atoms with E-state index in [4.69, 9.17) is 10.5 Å². The summed E-state index contributed by atoms with van der Waals surface area (Å²) in [6.07, 6.45) is -0.0997.